The molecule has 0 radical (unpaired) electrons. The monoisotopic (exact) mass is 402 g/mol. The summed E-state index contributed by atoms with van der Waals surface area (Å²) in [5.74, 6) is -0.414. The maximum absolute atomic E-state index is 12.8. The Morgan fingerprint density at radius 3 is 2.69 bits per heavy atom. The van der Waals surface area contributed by atoms with Crippen molar-refractivity contribution in [3.05, 3.63) is 29.3 Å². The lowest BCUT2D eigenvalue weighted by Crippen LogP contribution is -2.45. The highest BCUT2D eigenvalue weighted by Crippen LogP contribution is 2.24. The van der Waals surface area contributed by atoms with Crippen LogP contribution in [-0.4, -0.2) is 51.0 Å². The Hall–Kier alpha value is -1.15. The molecule has 1 amide bonds. The lowest BCUT2D eigenvalue weighted by Gasteiger charge is -2.31. The van der Waals surface area contributed by atoms with Gasteiger partial charge in [-0.15, -0.1) is 0 Å². The van der Waals surface area contributed by atoms with Crippen molar-refractivity contribution in [2.75, 3.05) is 26.2 Å². The van der Waals surface area contributed by atoms with E-state index in [-0.39, 0.29) is 29.4 Å². The van der Waals surface area contributed by atoms with Crippen LogP contribution < -0.4 is 5.32 Å². The number of sulfonamides is 1. The predicted molar refractivity (Wildman–Crippen MR) is 102 cm³/mol. The van der Waals surface area contributed by atoms with Crippen LogP contribution in [-0.2, 0) is 19.6 Å². The lowest BCUT2D eigenvalue weighted by atomic mass is 9.99. The van der Waals surface area contributed by atoms with Crippen LogP contribution in [0, 0.1) is 5.92 Å². The van der Waals surface area contributed by atoms with Gasteiger partial charge >= 0.3 is 0 Å². The first-order valence-electron chi connectivity index (χ1n) is 8.95. The van der Waals surface area contributed by atoms with Crippen LogP contribution in [0.5, 0.6) is 0 Å². The summed E-state index contributed by atoms with van der Waals surface area (Å²) >= 11 is 5.83. The zero-order valence-electron chi connectivity index (χ0n) is 15.3. The molecule has 0 aliphatic carbocycles. The minimum Gasteiger partial charge on any atom is -0.379 e. The topological polar surface area (TPSA) is 75.7 Å². The molecule has 0 bridgehead atoms. The zero-order valence-corrected chi connectivity index (χ0v) is 16.9. The van der Waals surface area contributed by atoms with E-state index in [1.165, 1.54) is 16.4 Å². The Labute approximate surface area is 160 Å². The van der Waals surface area contributed by atoms with Crippen molar-refractivity contribution in [2.24, 2.45) is 5.92 Å². The summed E-state index contributed by atoms with van der Waals surface area (Å²) in [7, 11) is -3.61. The molecule has 1 aliphatic rings. The van der Waals surface area contributed by atoms with Crippen LogP contribution >= 0.6 is 11.6 Å². The van der Waals surface area contributed by atoms with Crippen LogP contribution in [0.1, 0.15) is 33.1 Å². The average Bonchev–Trinajstić information content (AvgIpc) is 2.61. The number of nitrogens with zero attached hydrogens (tertiary/aromatic N) is 1. The van der Waals surface area contributed by atoms with Gasteiger partial charge in [-0.25, -0.2) is 8.42 Å². The van der Waals surface area contributed by atoms with E-state index in [9.17, 15) is 13.2 Å². The molecule has 6 nitrogen and oxygen atoms in total. The van der Waals surface area contributed by atoms with Gasteiger partial charge < -0.3 is 10.1 Å². The number of carbonyl (C=O) groups is 1. The van der Waals surface area contributed by atoms with Gasteiger partial charge in [0.15, 0.2) is 0 Å². The van der Waals surface area contributed by atoms with Crippen LogP contribution in [0.4, 0.5) is 0 Å². The van der Waals surface area contributed by atoms with Crippen molar-refractivity contribution >= 4 is 27.5 Å². The van der Waals surface area contributed by atoms with Crippen LogP contribution in [0.2, 0.25) is 5.02 Å². The first-order valence-corrected chi connectivity index (χ1v) is 10.8. The highest BCUT2D eigenvalue weighted by atomic mass is 35.5. The molecule has 146 valence electrons. The van der Waals surface area contributed by atoms with E-state index in [0.29, 0.717) is 37.6 Å². The van der Waals surface area contributed by atoms with Crippen LogP contribution in [0.15, 0.2) is 29.2 Å². The molecule has 1 N–H and O–H groups in total. The summed E-state index contributed by atoms with van der Waals surface area (Å²) in [4.78, 5) is 12.6. The minimum atomic E-state index is -3.61. The Bertz CT molecular complexity index is 692. The molecule has 1 aromatic rings. The second-order valence-electron chi connectivity index (χ2n) is 6.72. The Kier molecular flexibility index (Phi) is 7.88. The van der Waals surface area contributed by atoms with E-state index >= 15 is 0 Å². The molecule has 26 heavy (non-hydrogen) atoms. The number of piperidine rings is 1. The van der Waals surface area contributed by atoms with E-state index in [0.717, 1.165) is 6.42 Å². The minimum absolute atomic E-state index is 0.0921. The fourth-order valence-corrected chi connectivity index (χ4v) is 4.53. The number of hydrogen-bond donors (Lipinski definition) is 1. The molecular weight excluding hydrogens is 376 g/mol. The van der Waals surface area contributed by atoms with Crippen molar-refractivity contribution in [1.82, 2.24) is 9.62 Å². The predicted octanol–water partition coefficient (Wildman–Crippen LogP) is 2.67. The molecular formula is C18H27ClN2O4S. The largest absolute Gasteiger partial charge is 0.379 e. The first-order chi connectivity index (χ1) is 12.3. The molecule has 1 unspecified atom stereocenters. The van der Waals surface area contributed by atoms with Gasteiger partial charge in [0.1, 0.15) is 0 Å². The van der Waals surface area contributed by atoms with Gasteiger partial charge in [0, 0.05) is 31.3 Å². The van der Waals surface area contributed by atoms with E-state index in [4.69, 9.17) is 16.3 Å². The summed E-state index contributed by atoms with van der Waals surface area (Å²) in [5.41, 5.74) is 0. The van der Waals surface area contributed by atoms with Gasteiger partial charge in [0.2, 0.25) is 15.9 Å². The van der Waals surface area contributed by atoms with E-state index in [1.54, 1.807) is 12.1 Å². The second kappa shape index (κ2) is 9.69. The average molecular weight is 403 g/mol. The number of nitrogens with one attached hydrogen (secondary N) is 1. The Morgan fingerprint density at radius 1 is 1.35 bits per heavy atom. The molecule has 0 aromatic heterocycles. The molecule has 2 rings (SSSR count). The third-order valence-electron chi connectivity index (χ3n) is 4.28. The van der Waals surface area contributed by atoms with Crippen LogP contribution in [0.3, 0.4) is 0 Å². The third kappa shape index (κ3) is 5.94. The highest BCUT2D eigenvalue weighted by Gasteiger charge is 2.33. The van der Waals surface area contributed by atoms with E-state index in [1.807, 2.05) is 13.8 Å². The molecule has 0 spiro atoms. The number of hydrogen-bond acceptors (Lipinski definition) is 4. The van der Waals surface area contributed by atoms with Gasteiger partial charge in [-0.2, -0.15) is 4.31 Å². The van der Waals surface area contributed by atoms with Crippen molar-refractivity contribution in [2.45, 2.75) is 44.1 Å². The van der Waals surface area contributed by atoms with E-state index < -0.39 is 10.0 Å². The third-order valence-corrected chi connectivity index (χ3v) is 6.41. The van der Waals surface area contributed by atoms with Gasteiger partial charge in [0.25, 0.3) is 0 Å². The molecule has 1 atom stereocenters. The number of ether oxygens (including phenoxy) is 1. The summed E-state index contributed by atoms with van der Waals surface area (Å²) in [6, 6.07) is 6.11. The number of amides is 1. The molecule has 1 saturated heterocycles. The highest BCUT2D eigenvalue weighted by molar-refractivity contribution is 7.89. The summed E-state index contributed by atoms with van der Waals surface area (Å²) in [5, 5.41) is 3.37. The lowest BCUT2D eigenvalue weighted by molar-refractivity contribution is -0.126. The van der Waals surface area contributed by atoms with Crippen LogP contribution in [0.25, 0.3) is 0 Å². The van der Waals surface area contributed by atoms with E-state index in [2.05, 4.69) is 5.32 Å². The molecule has 8 heteroatoms. The number of rotatable bonds is 8. The first kappa shape index (κ1) is 21.2. The smallest absolute Gasteiger partial charge is 0.243 e. The summed E-state index contributed by atoms with van der Waals surface area (Å²) in [6.07, 6.45) is 2.28. The standard InChI is InChI=1S/C18H27ClN2O4S/c1-14(2)25-12-4-10-20-18(22)15-5-3-11-21(13-15)26(23,24)17-8-6-16(19)7-9-17/h6-9,14-15H,3-5,10-13H2,1-2H3,(H,20,22). The normalized spacial score (nSPS) is 18.8. The molecule has 1 heterocycles. The quantitative estimate of drug-likeness (QED) is 0.678. The number of halogens is 1. The maximum atomic E-state index is 12.8. The Morgan fingerprint density at radius 2 is 2.04 bits per heavy atom. The maximum Gasteiger partial charge on any atom is 0.243 e. The molecule has 1 fully saturated rings. The zero-order chi connectivity index (χ0) is 19.2. The van der Waals surface area contributed by atoms with Gasteiger partial charge in [-0.3, -0.25) is 4.79 Å². The van der Waals surface area contributed by atoms with Crippen molar-refractivity contribution in [1.29, 1.82) is 0 Å². The molecule has 0 saturated carbocycles. The van der Waals surface area contributed by atoms with Gasteiger partial charge in [-0.05, 0) is 57.4 Å². The molecule has 1 aromatic carbocycles. The number of carbonyl (C=O) groups excluding carboxylic acids is 1. The van der Waals surface area contributed by atoms with Gasteiger partial charge in [-0.1, -0.05) is 11.6 Å². The van der Waals surface area contributed by atoms with Crippen molar-refractivity contribution < 1.29 is 17.9 Å². The second-order valence-corrected chi connectivity index (χ2v) is 9.09. The summed E-state index contributed by atoms with van der Waals surface area (Å²) < 4.78 is 32.4. The fourth-order valence-electron chi connectivity index (χ4n) is 2.88. The van der Waals surface area contributed by atoms with Gasteiger partial charge in [0.05, 0.1) is 16.9 Å². The van der Waals surface area contributed by atoms with Crippen molar-refractivity contribution in [3.8, 4) is 0 Å². The van der Waals surface area contributed by atoms with Crippen molar-refractivity contribution in [3.63, 3.8) is 0 Å². The fraction of sp³-hybridized carbons (Fsp3) is 0.611. The Balaban J connectivity index is 1.89. The summed E-state index contributed by atoms with van der Waals surface area (Å²) in [6.45, 7) is 5.70. The SMILES string of the molecule is CC(C)OCCCNC(=O)C1CCCN(S(=O)(=O)c2ccc(Cl)cc2)C1. The molecule has 1 aliphatic heterocycles. The number of benzene rings is 1.